The van der Waals surface area contributed by atoms with Crippen molar-refractivity contribution in [2.75, 3.05) is 6.54 Å². The third kappa shape index (κ3) is 1.51. The van der Waals surface area contributed by atoms with Gasteiger partial charge in [-0.1, -0.05) is 0 Å². The first-order chi connectivity index (χ1) is 6.61. The molecular formula is C8H8Br2N2O2. The molecule has 0 saturated heterocycles. The van der Waals surface area contributed by atoms with Gasteiger partial charge in [0.05, 0.1) is 4.47 Å². The maximum absolute atomic E-state index is 11.5. The Bertz CT molecular complexity index is 389. The molecule has 1 aromatic rings. The number of hydrogen-bond donors (Lipinski definition) is 2. The Morgan fingerprint density at radius 1 is 1.57 bits per heavy atom. The fraction of sp³-hybridized carbons (Fsp3) is 0.375. The Morgan fingerprint density at radius 2 is 2.29 bits per heavy atom. The van der Waals surface area contributed by atoms with E-state index in [1.54, 1.807) is 10.6 Å². The zero-order chi connectivity index (χ0) is 10.3. The van der Waals surface area contributed by atoms with Crippen LogP contribution in [0.5, 0.6) is 0 Å². The van der Waals surface area contributed by atoms with E-state index in [0.717, 1.165) is 4.47 Å². The van der Waals surface area contributed by atoms with Gasteiger partial charge in [0, 0.05) is 13.0 Å². The van der Waals surface area contributed by atoms with Gasteiger partial charge >= 0.3 is 0 Å². The van der Waals surface area contributed by atoms with Crippen LogP contribution in [0.15, 0.2) is 15.1 Å². The van der Waals surface area contributed by atoms with Gasteiger partial charge in [-0.2, -0.15) is 0 Å². The molecule has 1 unspecified atom stereocenters. The summed E-state index contributed by atoms with van der Waals surface area (Å²) in [7, 11) is 0. The number of aromatic nitrogens is 1. The molecule has 0 spiro atoms. The van der Waals surface area contributed by atoms with E-state index in [9.17, 15) is 9.90 Å². The highest BCUT2D eigenvalue weighted by molar-refractivity contribution is 9.13. The number of carbonyl (C=O) groups excluding carboxylic acids is 1. The predicted molar refractivity (Wildman–Crippen MR) is 58.0 cm³/mol. The van der Waals surface area contributed by atoms with Gasteiger partial charge < -0.3 is 15.0 Å². The SMILES string of the molecule is O=C1NCCC(O)n2c1cc(Br)c2Br. The van der Waals surface area contributed by atoms with Crippen LogP contribution in [0.3, 0.4) is 0 Å². The predicted octanol–water partition coefficient (Wildman–Crippen LogP) is 1.64. The number of fused-ring (bicyclic) bond motifs is 1. The fourth-order valence-corrected chi connectivity index (χ4v) is 2.42. The van der Waals surface area contributed by atoms with Gasteiger partial charge in [-0.05, 0) is 37.9 Å². The van der Waals surface area contributed by atoms with Gasteiger partial charge in [-0.15, -0.1) is 0 Å². The Balaban J connectivity index is 2.59. The molecule has 1 aliphatic heterocycles. The van der Waals surface area contributed by atoms with Crippen molar-refractivity contribution in [1.82, 2.24) is 9.88 Å². The monoisotopic (exact) mass is 322 g/mol. The number of nitrogens with one attached hydrogen (secondary N) is 1. The van der Waals surface area contributed by atoms with Crippen LogP contribution in [0.4, 0.5) is 0 Å². The average molecular weight is 324 g/mol. The summed E-state index contributed by atoms with van der Waals surface area (Å²) in [6.45, 7) is 0.492. The molecule has 0 radical (unpaired) electrons. The number of hydrogen-bond acceptors (Lipinski definition) is 2. The first-order valence-electron chi connectivity index (χ1n) is 4.13. The lowest BCUT2D eigenvalue weighted by Gasteiger charge is -2.12. The summed E-state index contributed by atoms with van der Waals surface area (Å²) >= 11 is 6.61. The molecule has 4 nitrogen and oxygen atoms in total. The van der Waals surface area contributed by atoms with Gasteiger partial charge in [0.1, 0.15) is 16.5 Å². The summed E-state index contributed by atoms with van der Waals surface area (Å²) in [5.74, 6) is -0.159. The first-order valence-corrected chi connectivity index (χ1v) is 5.72. The van der Waals surface area contributed by atoms with E-state index in [4.69, 9.17) is 0 Å². The van der Waals surface area contributed by atoms with E-state index in [0.29, 0.717) is 23.3 Å². The molecule has 1 aromatic heterocycles. The largest absolute Gasteiger partial charge is 0.373 e. The Kier molecular flexibility index (Phi) is 2.68. The zero-order valence-corrected chi connectivity index (χ0v) is 10.3. The second kappa shape index (κ2) is 3.67. The molecule has 14 heavy (non-hydrogen) atoms. The van der Waals surface area contributed by atoms with Crippen LogP contribution in [-0.4, -0.2) is 22.1 Å². The first kappa shape index (κ1) is 10.2. The molecule has 0 fully saturated rings. The van der Waals surface area contributed by atoms with Crippen LogP contribution in [-0.2, 0) is 0 Å². The number of rotatable bonds is 0. The summed E-state index contributed by atoms with van der Waals surface area (Å²) in [4.78, 5) is 11.5. The lowest BCUT2D eigenvalue weighted by Crippen LogP contribution is -2.22. The summed E-state index contributed by atoms with van der Waals surface area (Å²) < 4.78 is 3.03. The molecule has 1 aliphatic rings. The average Bonchev–Trinajstić information content (AvgIpc) is 2.35. The van der Waals surface area contributed by atoms with E-state index in [1.165, 1.54) is 0 Å². The van der Waals surface area contributed by atoms with Crippen LogP contribution in [0, 0.1) is 0 Å². The smallest absolute Gasteiger partial charge is 0.268 e. The van der Waals surface area contributed by atoms with Crippen molar-refractivity contribution >= 4 is 37.8 Å². The summed E-state index contributed by atoms with van der Waals surface area (Å²) in [5, 5.41) is 12.5. The Hall–Kier alpha value is -0.330. The molecule has 1 amide bonds. The van der Waals surface area contributed by atoms with Crippen LogP contribution < -0.4 is 5.32 Å². The molecule has 2 N–H and O–H groups in total. The molecule has 0 saturated carbocycles. The molecule has 6 heteroatoms. The number of aliphatic hydroxyl groups is 1. The minimum Gasteiger partial charge on any atom is -0.373 e. The number of carbonyl (C=O) groups is 1. The van der Waals surface area contributed by atoms with E-state index in [1.807, 2.05) is 0 Å². The second-order valence-corrected chi connectivity index (χ2v) is 4.67. The van der Waals surface area contributed by atoms with E-state index in [-0.39, 0.29) is 5.91 Å². The molecule has 2 rings (SSSR count). The molecule has 0 aromatic carbocycles. The Labute approximate surface area is 97.5 Å². The van der Waals surface area contributed by atoms with Crippen LogP contribution in [0.2, 0.25) is 0 Å². The molecule has 76 valence electrons. The molecule has 0 bridgehead atoms. The minimum atomic E-state index is -0.662. The Morgan fingerprint density at radius 3 is 3.00 bits per heavy atom. The molecular weight excluding hydrogens is 316 g/mol. The van der Waals surface area contributed by atoms with E-state index >= 15 is 0 Å². The number of halogens is 2. The quantitative estimate of drug-likeness (QED) is 0.762. The van der Waals surface area contributed by atoms with Crippen molar-refractivity contribution in [1.29, 1.82) is 0 Å². The van der Waals surface area contributed by atoms with Gasteiger partial charge in [-0.25, -0.2) is 0 Å². The molecule has 0 aliphatic carbocycles. The highest BCUT2D eigenvalue weighted by atomic mass is 79.9. The fourth-order valence-electron chi connectivity index (χ4n) is 1.47. The van der Waals surface area contributed by atoms with Crippen molar-refractivity contribution in [2.24, 2.45) is 0 Å². The third-order valence-corrected chi connectivity index (χ3v) is 4.10. The normalized spacial score (nSPS) is 21.4. The number of amides is 1. The molecule has 1 atom stereocenters. The highest BCUT2D eigenvalue weighted by Gasteiger charge is 2.24. The van der Waals surface area contributed by atoms with Crippen molar-refractivity contribution in [3.05, 3.63) is 20.8 Å². The van der Waals surface area contributed by atoms with Crippen molar-refractivity contribution in [3.8, 4) is 0 Å². The minimum absolute atomic E-state index is 0.159. The highest BCUT2D eigenvalue weighted by Crippen LogP contribution is 2.31. The van der Waals surface area contributed by atoms with Crippen molar-refractivity contribution in [2.45, 2.75) is 12.6 Å². The zero-order valence-electron chi connectivity index (χ0n) is 7.13. The van der Waals surface area contributed by atoms with E-state index in [2.05, 4.69) is 37.2 Å². The van der Waals surface area contributed by atoms with Crippen molar-refractivity contribution < 1.29 is 9.90 Å². The van der Waals surface area contributed by atoms with Gasteiger partial charge in [-0.3, -0.25) is 4.79 Å². The standard InChI is InChI=1S/C8H8Br2N2O2/c9-4-3-5-8(14)11-2-1-6(13)12(5)7(4)10/h3,6,13H,1-2H2,(H,11,14). The second-order valence-electron chi connectivity index (χ2n) is 3.06. The van der Waals surface area contributed by atoms with Gasteiger partial charge in [0.15, 0.2) is 0 Å². The summed E-state index contributed by atoms with van der Waals surface area (Å²) in [5.41, 5.74) is 0.466. The molecule has 2 heterocycles. The van der Waals surface area contributed by atoms with E-state index < -0.39 is 6.23 Å². The van der Waals surface area contributed by atoms with Crippen LogP contribution in [0.25, 0.3) is 0 Å². The topological polar surface area (TPSA) is 54.3 Å². The van der Waals surface area contributed by atoms with Crippen LogP contribution in [0.1, 0.15) is 23.1 Å². The lowest BCUT2D eigenvalue weighted by atomic mass is 10.4. The number of nitrogens with zero attached hydrogens (tertiary/aromatic N) is 1. The number of aliphatic hydroxyl groups excluding tert-OH is 1. The third-order valence-electron chi connectivity index (χ3n) is 2.15. The van der Waals surface area contributed by atoms with Gasteiger partial charge in [0.25, 0.3) is 5.91 Å². The maximum Gasteiger partial charge on any atom is 0.268 e. The van der Waals surface area contributed by atoms with Crippen molar-refractivity contribution in [3.63, 3.8) is 0 Å². The summed E-state index contributed by atoms with van der Waals surface area (Å²) in [6.07, 6.45) is -0.150. The lowest BCUT2D eigenvalue weighted by molar-refractivity contribution is 0.0916. The van der Waals surface area contributed by atoms with Gasteiger partial charge in [0.2, 0.25) is 0 Å². The summed E-state index contributed by atoms with van der Waals surface area (Å²) in [6, 6.07) is 1.69. The van der Waals surface area contributed by atoms with Crippen LogP contribution >= 0.6 is 31.9 Å². The maximum atomic E-state index is 11.5.